The number of likely N-dealkylation sites (N-methyl/N-ethyl adjacent to an activating group) is 1. The zero-order valence-corrected chi connectivity index (χ0v) is 13.0. The van der Waals surface area contributed by atoms with Crippen LogP contribution in [0.3, 0.4) is 0 Å². The Morgan fingerprint density at radius 3 is 2.90 bits per heavy atom. The first-order valence-corrected chi connectivity index (χ1v) is 8.93. The second-order valence-corrected chi connectivity index (χ2v) is 7.74. The van der Waals surface area contributed by atoms with E-state index >= 15 is 0 Å². The van der Waals surface area contributed by atoms with Crippen molar-refractivity contribution in [3.05, 3.63) is 18.0 Å². The second kappa shape index (κ2) is 6.24. The lowest BCUT2D eigenvalue weighted by atomic mass is 10.1. The maximum absolute atomic E-state index is 11.6. The summed E-state index contributed by atoms with van der Waals surface area (Å²) in [7, 11) is -0.913. The zero-order chi connectivity index (χ0) is 14.8. The van der Waals surface area contributed by atoms with Crippen LogP contribution < -0.4 is 5.73 Å². The van der Waals surface area contributed by atoms with E-state index < -0.39 is 9.84 Å². The molecule has 114 valence electrons. The maximum atomic E-state index is 11.6. The Balaban J connectivity index is 2.10. The highest BCUT2D eigenvalue weighted by Gasteiger charge is 2.33. The largest absolute Gasteiger partial charge is 0.329 e. The van der Waals surface area contributed by atoms with Gasteiger partial charge in [0.2, 0.25) is 0 Å². The molecule has 1 saturated heterocycles. The molecule has 1 aromatic rings. The molecule has 1 fully saturated rings. The number of hydrogen-bond donors (Lipinski definition) is 1. The average molecular weight is 300 g/mol. The van der Waals surface area contributed by atoms with Crippen LogP contribution in [-0.4, -0.2) is 54.2 Å². The predicted octanol–water partition coefficient (Wildman–Crippen LogP) is 0.412. The summed E-state index contributed by atoms with van der Waals surface area (Å²) in [6.45, 7) is 3.46. The minimum Gasteiger partial charge on any atom is -0.329 e. The average Bonchev–Trinajstić information content (AvgIpc) is 2.98. The number of nitrogens with two attached hydrogens (primary N) is 1. The molecule has 2 atom stereocenters. The summed E-state index contributed by atoms with van der Waals surface area (Å²) in [5.74, 6) is 0.525. The van der Waals surface area contributed by atoms with Gasteiger partial charge in [0.05, 0.1) is 23.7 Å². The van der Waals surface area contributed by atoms with E-state index in [1.54, 1.807) is 0 Å². The van der Waals surface area contributed by atoms with Gasteiger partial charge >= 0.3 is 0 Å². The summed E-state index contributed by atoms with van der Waals surface area (Å²) in [5.41, 5.74) is 6.96. The van der Waals surface area contributed by atoms with Crippen LogP contribution in [0.15, 0.2) is 12.4 Å². The van der Waals surface area contributed by atoms with Gasteiger partial charge in [-0.15, -0.1) is 0 Å². The van der Waals surface area contributed by atoms with Crippen LogP contribution >= 0.6 is 0 Å². The Morgan fingerprint density at radius 2 is 2.35 bits per heavy atom. The van der Waals surface area contributed by atoms with Crippen LogP contribution in [0.4, 0.5) is 0 Å². The van der Waals surface area contributed by atoms with Gasteiger partial charge in [-0.05, 0) is 19.9 Å². The van der Waals surface area contributed by atoms with Crippen molar-refractivity contribution in [1.29, 1.82) is 0 Å². The van der Waals surface area contributed by atoms with Crippen LogP contribution in [0.2, 0.25) is 0 Å². The van der Waals surface area contributed by atoms with E-state index in [9.17, 15) is 8.42 Å². The summed E-state index contributed by atoms with van der Waals surface area (Å²) in [4.78, 5) is 2.10. The molecule has 1 aromatic heterocycles. The number of aromatic nitrogens is 2. The summed E-state index contributed by atoms with van der Waals surface area (Å²) in [5, 5.41) is 4.33. The molecule has 2 unspecified atom stereocenters. The number of hydrogen-bond acceptors (Lipinski definition) is 5. The molecule has 0 aliphatic carbocycles. The molecular formula is C13H24N4O2S. The van der Waals surface area contributed by atoms with E-state index in [-0.39, 0.29) is 23.6 Å². The standard InChI is InChI=1S/C13H24N4O2S/c1-3-5-17-9-11(8-15-17)13(7-14)16(2)12-4-6-20(18,19)10-12/h8-9,12-13H,3-7,10,14H2,1-2H3. The van der Waals surface area contributed by atoms with E-state index in [4.69, 9.17) is 5.73 Å². The van der Waals surface area contributed by atoms with Crippen molar-refractivity contribution in [3.63, 3.8) is 0 Å². The zero-order valence-electron chi connectivity index (χ0n) is 12.2. The molecule has 2 N–H and O–H groups in total. The van der Waals surface area contributed by atoms with E-state index in [2.05, 4.69) is 16.9 Å². The fourth-order valence-corrected chi connectivity index (χ4v) is 4.58. The quantitative estimate of drug-likeness (QED) is 0.823. The van der Waals surface area contributed by atoms with Crippen LogP contribution in [-0.2, 0) is 16.4 Å². The summed E-state index contributed by atoms with van der Waals surface area (Å²) < 4.78 is 25.1. The maximum Gasteiger partial charge on any atom is 0.151 e. The molecule has 2 rings (SSSR count). The lowest BCUT2D eigenvalue weighted by Gasteiger charge is -2.31. The van der Waals surface area contributed by atoms with E-state index in [1.165, 1.54) is 0 Å². The highest BCUT2D eigenvalue weighted by Crippen LogP contribution is 2.25. The topological polar surface area (TPSA) is 81.2 Å². The molecule has 0 radical (unpaired) electrons. The monoisotopic (exact) mass is 300 g/mol. The Hall–Kier alpha value is -0.920. The third kappa shape index (κ3) is 3.39. The van der Waals surface area contributed by atoms with Crippen molar-refractivity contribution in [2.45, 2.75) is 38.4 Å². The molecule has 20 heavy (non-hydrogen) atoms. The highest BCUT2D eigenvalue weighted by atomic mass is 32.2. The van der Waals surface area contributed by atoms with Gasteiger partial charge in [-0.25, -0.2) is 8.42 Å². The Morgan fingerprint density at radius 1 is 1.60 bits per heavy atom. The highest BCUT2D eigenvalue weighted by molar-refractivity contribution is 7.91. The Bertz CT molecular complexity index is 540. The fraction of sp³-hybridized carbons (Fsp3) is 0.769. The normalized spacial score (nSPS) is 23.3. The second-order valence-electron chi connectivity index (χ2n) is 5.51. The fourth-order valence-electron chi connectivity index (χ4n) is 2.79. The van der Waals surface area contributed by atoms with Gasteiger partial charge in [-0.2, -0.15) is 5.10 Å². The molecule has 0 spiro atoms. The smallest absolute Gasteiger partial charge is 0.151 e. The van der Waals surface area contributed by atoms with Crippen molar-refractivity contribution in [2.75, 3.05) is 25.1 Å². The molecule has 0 bridgehead atoms. The SMILES string of the molecule is CCCn1cc(C(CN)N(C)C2CCS(=O)(=O)C2)cn1. The lowest BCUT2D eigenvalue weighted by Crippen LogP contribution is -2.39. The number of rotatable bonds is 6. The van der Waals surface area contributed by atoms with Gasteiger partial charge in [0.25, 0.3) is 0 Å². The number of aryl methyl sites for hydroxylation is 1. The number of sulfone groups is 1. The molecule has 7 heteroatoms. The summed E-state index contributed by atoms with van der Waals surface area (Å²) in [6, 6.07) is 0.0852. The first kappa shape index (κ1) is 15.5. The van der Waals surface area contributed by atoms with Gasteiger partial charge < -0.3 is 5.73 Å². The minimum atomic E-state index is -2.87. The third-order valence-corrected chi connectivity index (χ3v) is 5.74. The van der Waals surface area contributed by atoms with Gasteiger partial charge in [-0.3, -0.25) is 9.58 Å². The Labute approximate surface area is 120 Å². The van der Waals surface area contributed by atoms with Crippen molar-refractivity contribution >= 4 is 9.84 Å². The molecule has 2 heterocycles. The van der Waals surface area contributed by atoms with E-state index in [0.29, 0.717) is 13.0 Å². The van der Waals surface area contributed by atoms with Crippen molar-refractivity contribution in [1.82, 2.24) is 14.7 Å². The summed E-state index contributed by atoms with van der Waals surface area (Å²) in [6.07, 6.45) is 5.58. The first-order chi connectivity index (χ1) is 9.46. The van der Waals surface area contributed by atoms with Gasteiger partial charge in [0, 0.05) is 30.9 Å². The predicted molar refractivity (Wildman–Crippen MR) is 79.1 cm³/mol. The van der Waals surface area contributed by atoms with Crippen molar-refractivity contribution in [2.24, 2.45) is 5.73 Å². The van der Waals surface area contributed by atoms with Crippen LogP contribution in [0.25, 0.3) is 0 Å². The summed E-state index contributed by atoms with van der Waals surface area (Å²) >= 11 is 0. The van der Waals surface area contributed by atoms with Crippen molar-refractivity contribution in [3.8, 4) is 0 Å². The molecule has 1 aliphatic heterocycles. The molecular weight excluding hydrogens is 276 g/mol. The van der Waals surface area contributed by atoms with Crippen LogP contribution in [0, 0.1) is 0 Å². The molecule has 6 nitrogen and oxygen atoms in total. The van der Waals surface area contributed by atoms with Crippen molar-refractivity contribution < 1.29 is 8.42 Å². The van der Waals surface area contributed by atoms with Gasteiger partial charge in [0.1, 0.15) is 0 Å². The van der Waals surface area contributed by atoms with Crippen LogP contribution in [0.5, 0.6) is 0 Å². The number of nitrogens with zero attached hydrogens (tertiary/aromatic N) is 3. The van der Waals surface area contributed by atoms with Gasteiger partial charge in [0.15, 0.2) is 9.84 Å². The van der Waals surface area contributed by atoms with Gasteiger partial charge in [-0.1, -0.05) is 6.92 Å². The van der Waals surface area contributed by atoms with E-state index in [1.807, 2.05) is 24.1 Å². The molecule has 0 saturated carbocycles. The lowest BCUT2D eigenvalue weighted by molar-refractivity contribution is 0.192. The van der Waals surface area contributed by atoms with Crippen LogP contribution in [0.1, 0.15) is 31.4 Å². The molecule has 0 aromatic carbocycles. The first-order valence-electron chi connectivity index (χ1n) is 7.11. The minimum absolute atomic E-state index is 0.0268. The van der Waals surface area contributed by atoms with E-state index in [0.717, 1.165) is 18.5 Å². The Kier molecular flexibility index (Phi) is 4.82. The molecule has 1 aliphatic rings. The third-order valence-electron chi connectivity index (χ3n) is 3.99. The molecule has 0 amide bonds.